The number of carbonyl (C=O) groups excluding carboxylic acids is 1. The lowest BCUT2D eigenvalue weighted by Gasteiger charge is -2.09. The highest BCUT2D eigenvalue weighted by Gasteiger charge is 2.19. The summed E-state index contributed by atoms with van der Waals surface area (Å²) in [6, 6.07) is 3.08. The van der Waals surface area contributed by atoms with E-state index in [0.29, 0.717) is 16.9 Å². The van der Waals surface area contributed by atoms with Crippen LogP contribution in [-0.2, 0) is 4.79 Å². The number of carbonyl (C=O) groups is 1. The number of fused-ring (bicyclic) bond motifs is 1. The number of esters is 1. The Balaban J connectivity index is 2.33. The summed E-state index contributed by atoms with van der Waals surface area (Å²) in [6.07, 6.45) is 1.40. The maximum atomic E-state index is 13.0. The van der Waals surface area contributed by atoms with E-state index in [1.165, 1.54) is 37.7 Å². The second-order valence-corrected chi connectivity index (χ2v) is 6.42. The third-order valence-corrected chi connectivity index (χ3v) is 4.56. The smallest absolute Gasteiger partial charge is 0.308 e. The standard InChI is InChI=1S/C17H15NO5S/c1-8-17(24-9(2)18-8)12-7-22-13-5-11(21-4)6-14(23-10(3)19)15(13)16(12)20/h5-7H,1-4H3. The molecule has 2 aromatic heterocycles. The summed E-state index contributed by atoms with van der Waals surface area (Å²) in [5.74, 6) is 0.0185. The Morgan fingerprint density at radius 1 is 1.29 bits per heavy atom. The van der Waals surface area contributed by atoms with Gasteiger partial charge in [-0.05, 0) is 13.8 Å². The minimum absolute atomic E-state index is 0.117. The van der Waals surface area contributed by atoms with Crippen molar-refractivity contribution < 1.29 is 18.7 Å². The zero-order valence-corrected chi connectivity index (χ0v) is 14.4. The Morgan fingerprint density at radius 2 is 2.04 bits per heavy atom. The molecule has 2 heterocycles. The molecule has 0 saturated carbocycles. The van der Waals surface area contributed by atoms with E-state index < -0.39 is 5.97 Å². The van der Waals surface area contributed by atoms with E-state index in [1.807, 2.05) is 13.8 Å². The molecule has 0 aliphatic heterocycles. The highest BCUT2D eigenvalue weighted by molar-refractivity contribution is 7.15. The molecular formula is C17H15NO5S. The van der Waals surface area contributed by atoms with Crippen molar-refractivity contribution in [2.75, 3.05) is 7.11 Å². The molecule has 6 nitrogen and oxygen atoms in total. The summed E-state index contributed by atoms with van der Waals surface area (Å²) in [5, 5.41) is 1.06. The molecule has 0 saturated heterocycles. The second kappa shape index (κ2) is 6.09. The zero-order chi connectivity index (χ0) is 17.4. The van der Waals surface area contributed by atoms with Gasteiger partial charge in [0.15, 0.2) is 0 Å². The molecule has 0 N–H and O–H groups in total. The van der Waals surface area contributed by atoms with Gasteiger partial charge in [0.05, 0.1) is 28.3 Å². The lowest BCUT2D eigenvalue weighted by molar-refractivity contribution is -0.131. The SMILES string of the molecule is COc1cc(OC(C)=O)c2c(=O)c(-c3sc(C)nc3C)coc2c1. The van der Waals surface area contributed by atoms with Gasteiger partial charge < -0.3 is 13.9 Å². The van der Waals surface area contributed by atoms with Crippen molar-refractivity contribution in [3.63, 3.8) is 0 Å². The molecule has 0 bridgehead atoms. The molecule has 0 radical (unpaired) electrons. The number of methoxy groups -OCH3 is 1. The summed E-state index contributed by atoms with van der Waals surface area (Å²) < 4.78 is 16.0. The molecule has 0 unspecified atom stereocenters. The molecule has 0 amide bonds. The highest BCUT2D eigenvalue weighted by atomic mass is 32.1. The molecule has 0 fully saturated rings. The van der Waals surface area contributed by atoms with Crippen molar-refractivity contribution in [3.05, 3.63) is 39.3 Å². The fourth-order valence-electron chi connectivity index (χ4n) is 2.48. The predicted molar refractivity (Wildman–Crippen MR) is 90.9 cm³/mol. The average molecular weight is 345 g/mol. The molecule has 0 aliphatic carbocycles. The number of benzene rings is 1. The predicted octanol–water partition coefficient (Wildman–Crippen LogP) is 3.47. The van der Waals surface area contributed by atoms with Gasteiger partial charge in [0.25, 0.3) is 0 Å². The summed E-state index contributed by atoms with van der Waals surface area (Å²) in [5.41, 5.74) is 1.16. The van der Waals surface area contributed by atoms with Gasteiger partial charge in [0.1, 0.15) is 28.7 Å². The Hall–Kier alpha value is -2.67. The van der Waals surface area contributed by atoms with Crippen LogP contribution >= 0.6 is 11.3 Å². The zero-order valence-electron chi connectivity index (χ0n) is 13.6. The normalized spacial score (nSPS) is 10.8. The van der Waals surface area contributed by atoms with Gasteiger partial charge in [-0.3, -0.25) is 9.59 Å². The van der Waals surface area contributed by atoms with Crippen LogP contribution in [-0.4, -0.2) is 18.1 Å². The Kier molecular flexibility index (Phi) is 4.11. The molecule has 3 aromatic rings. The van der Waals surface area contributed by atoms with Crippen LogP contribution in [0.5, 0.6) is 11.5 Å². The number of aryl methyl sites for hydroxylation is 2. The van der Waals surface area contributed by atoms with E-state index in [-0.39, 0.29) is 16.6 Å². The fourth-order valence-corrected chi connectivity index (χ4v) is 3.41. The Bertz CT molecular complexity index is 1000. The van der Waals surface area contributed by atoms with Crippen LogP contribution in [0.3, 0.4) is 0 Å². The van der Waals surface area contributed by atoms with Crippen molar-refractivity contribution in [3.8, 4) is 21.9 Å². The van der Waals surface area contributed by atoms with Gasteiger partial charge in [-0.25, -0.2) is 4.98 Å². The average Bonchev–Trinajstić information content (AvgIpc) is 2.85. The maximum Gasteiger partial charge on any atom is 0.308 e. The van der Waals surface area contributed by atoms with Crippen molar-refractivity contribution >= 4 is 28.3 Å². The molecule has 124 valence electrons. The molecule has 24 heavy (non-hydrogen) atoms. The fraction of sp³-hybridized carbons (Fsp3) is 0.235. The van der Waals surface area contributed by atoms with Crippen LogP contribution in [0.25, 0.3) is 21.4 Å². The van der Waals surface area contributed by atoms with Crippen LogP contribution in [0.4, 0.5) is 0 Å². The molecule has 1 aromatic carbocycles. The highest BCUT2D eigenvalue weighted by Crippen LogP contribution is 2.33. The monoisotopic (exact) mass is 345 g/mol. The van der Waals surface area contributed by atoms with E-state index in [4.69, 9.17) is 13.9 Å². The number of hydrogen-bond donors (Lipinski definition) is 0. The van der Waals surface area contributed by atoms with Crippen LogP contribution in [0.2, 0.25) is 0 Å². The Morgan fingerprint density at radius 3 is 2.62 bits per heavy atom. The van der Waals surface area contributed by atoms with E-state index in [2.05, 4.69) is 4.98 Å². The first-order valence-corrected chi connectivity index (χ1v) is 7.98. The largest absolute Gasteiger partial charge is 0.496 e. The number of hydrogen-bond acceptors (Lipinski definition) is 7. The van der Waals surface area contributed by atoms with E-state index in [9.17, 15) is 9.59 Å². The number of rotatable bonds is 3. The maximum absolute atomic E-state index is 13.0. The van der Waals surface area contributed by atoms with Gasteiger partial charge in [-0.1, -0.05) is 0 Å². The summed E-state index contributed by atoms with van der Waals surface area (Å²) >= 11 is 1.41. The number of ether oxygens (including phenoxy) is 2. The molecule has 0 spiro atoms. The lowest BCUT2D eigenvalue weighted by atomic mass is 10.1. The number of aromatic nitrogens is 1. The van der Waals surface area contributed by atoms with Gasteiger partial charge in [0, 0.05) is 19.1 Å². The van der Waals surface area contributed by atoms with E-state index >= 15 is 0 Å². The van der Waals surface area contributed by atoms with Crippen LogP contribution in [0, 0.1) is 13.8 Å². The summed E-state index contributed by atoms with van der Waals surface area (Å²) in [7, 11) is 1.48. The molecule has 7 heteroatoms. The van der Waals surface area contributed by atoms with Crippen LogP contribution < -0.4 is 14.9 Å². The first-order chi connectivity index (χ1) is 11.4. The summed E-state index contributed by atoms with van der Waals surface area (Å²) in [4.78, 5) is 29.4. The first-order valence-electron chi connectivity index (χ1n) is 7.17. The lowest BCUT2D eigenvalue weighted by Crippen LogP contribution is -2.09. The summed E-state index contributed by atoms with van der Waals surface area (Å²) in [6.45, 7) is 4.98. The van der Waals surface area contributed by atoms with Gasteiger partial charge in [-0.2, -0.15) is 0 Å². The second-order valence-electron chi connectivity index (χ2n) is 5.22. The van der Waals surface area contributed by atoms with Gasteiger partial charge in [-0.15, -0.1) is 11.3 Å². The molecule has 3 rings (SSSR count). The van der Waals surface area contributed by atoms with Crippen molar-refractivity contribution in [1.82, 2.24) is 4.98 Å². The third kappa shape index (κ3) is 2.78. The quantitative estimate of drug-likeness (QED) is 0.534. The number of thiazole rings is 1. The van der Waals surface area contributed by atoms with Crippen LogP contribution in [0.1, 0.15) is 17.6 Å². The van der Waals surface area contributed by atoms with Crippen LogP contribution in [0.15, 0.2) is 27.6 Å². The number of nitrogens with zero attached hydrogens (tertiary/aromatic N) is 1. The molecular weight excluding hydrogens is 330 g/mol. The third-order valence-electron chi connectivity index (χ3n) is 3.45. The van der Waals surface area contributed by atoms with E-state index in [0.717, 1.165) is 15.6 Å². The first kappa shape index (κ1) is 16.2. The van der Waals surface area contributed by atoms with Crippen molar-refractivity contribution in [2.24, 2.45) is 0 Å². The minimum Gasteiger partial charge on any atom is -0.496 e. The van der Waals surface area contributed by atoms with Gasteiger partial charge in [0.2, 0.25) is 5.43 Å². The minimum atomic E-state index is -0.529. The van der Waals surface area contributed by atoms with E-state index in [1.54, 1.807) is 6.07 Å². The van der Waals surface area contributed by atoms with Gasteiger partial charge >= 0.3 is 5.97 Å². The van der Waals surface area contributed by atoms with Crippen molar-refractivity contribution in [1.29, 1.82) is 0 Å². The molecule has 0 aliphatic rings. The molecule has 0 atom stereocenters. The van der Waals surface area contributed by atoms with Crippen molar-refractivity contribution in [2.45, 2.75) is 20.8 Å². The topological polar surface area (TPSA) is 78.6 Å². The Labute approximate surface area is 141 Å².